The molecule has 0 saturated heterocycles. The molecular formula is C17H26ClN3O2. The highest BCUT2D eigenvalue weighted by Crippen LogP contribution is 2.19. The summed E-state index contributed by atoms with van der Waals surface area (Å²) >= 11 is 0. The number of hydrogen-bond donors (Lipinski definition) is 2. The Balaban J connectivity index is 0.00000264. The highest BCUT2D eigenvalue weighted by molar-refractivity contribution is 5.95. The minimum atomic E-state index is -0.242. The molecule has 5 nitrogen and oxygen atoms in total. The van der Waals surface area contributed by atoms with Gasteiger partial charge < -0.3 is 15.5 Å². The zero-order valence-corrected chi connectivity index (χ0v) is 14.8. The molecule has 0 aliphatic heterocycles. The number of hydrogen-bond acceptors (Lipinski definition) is 3. The summed E-state index contributed by atoms with van der Waals surface area (Å²) in [5, 5.41) is 6.14. The van der Waals surface area contributed by atoms with Crippen molar-refractivity contribution in [2.24, 2.45) is 0 Å². The van der Waals surface area contributed by atoms with Crippen LogP contribution < -0.4 is 10.6 Å². The van der Waals surface area contributed by atoms with Crippen molar-refractivity contribution in [2.45, 2.75) is 45.2 Å². The van der Waals surface area contributed by atoms with Crippen LogP contribution in [0.2, 0.25) is 0 Å². The van der Waals surface area contributed by atoms with Crippen molar-refractivity contribution in [3.63, 3.8) is 0 Å². The van der Waals surface area contributed by atoms with Crippen LogP contribution in [0.3, 0.4) is 0 Å². The van der Waals surface area contributed by atoms with Gasteiger partial charge >= 0.3 is 0 Å². The summed E-state index contributed by atoms with van der Waals surface area (Å²) in [6, 6.07) is 7.95. The second-order valence-electron chi connectivity index (χ2n) is 5.92. The van der Waals surface area contributed by atoms with E-state index in [9.17, 15) is 9.59 Å². The number of anilines is 1. The van der Waals surface area contributed by atoms with Gasteiger partial charge in [-0.3, -0.25) is 9.59 Å². The van der Waals surface area contributed by atoms with Gasteiger partial charge in [0.05, 0.1) is 12.6 Å². The summed E-state index contributed by atoms with van der Waals surface area (Å²) in [6.45, 7) is 3.96. The summed E-state index contributed by atoms with van der Waals surface area (Å²) in [7, 11) is 1.67. The van der Waals surface area contributed by atoms with Crippen molar-refractivity contribution < 1.29 is 9.59 Å². The largest absolute Gasteiger partial charge is 0.335 e. The topological polar surface area (TPSA) is 61.4 Å². The monoisotopic (exact) mass is 339 g/mol. The number of para-hydroxylation sites is 1. The van der Waals surface area contributed by atoms with E-state index >= 15 is 0 Å². The zero-order valence-electron chi connectivity index (χ0n) is 14.0. The molecule has 23 heavy (non-hydrogen) atoms. The minimum absolute atomic E-state index is 0. The first kappa shape index (κ1) is 19.5. The van der Waals surface area contributed by atoms with E-state index in [2.05, 4.69) is 10.6 Å². The van der Waals surface area contributed by atoms with Gasteiger partial charge in [-0.05, 0) is 37.8 Å². The Bertz CT molecular complexity index is 546. The van der Waals surface area contributed by atoms with Crippen molar-refractivity contribution in [1.82, 2.24) is 10.2 Å². The van der Waals surface area contributed by atoms with Crippen molar-refractivity contribution in [3.8, 4) is 0 Å². The number of benzene rings is 1. The van der Waals surface area contributed by atoms with E-state index in [1.54, 1.807) is 7.05 Å². The van der Waals surface area contributed by atoms with E-state index in [4.69, 9.17) is 0 Å². The summed E-state index contributed by atoms with van der Waals surface area (Å²) in [5.41, 5.74) is 1.91. The average Bonchev–Trinajstić information content (AvgIpc) is 3.30. The van der Waals surface area contributed by atoms with Crippen LogP contribution >= 0.6 is 12.4 Å². The molecule has 0 heterocycles. The van der Waals surface area contributed by atoms with Crippen LogP contribution in [0, 0.1) is 0 Å². The van der Waals surface area contributed by atoms with Crippen molar-refractivity contribution in [2.75, 3.05) is 18.9 Å². The Morgan fingerprint density at radius 1 is 1.30 bits per heavy atom. The van der Waals surface area contributed by atoms with E-state index in [1.807, 2.05) is 38.1 Å². The number of likely N-dealkylation sites (N-methyl/N-ethyl adjacent to an activating group) is 1. The number of nitrogens with zero attached hydrogens (tertiary/aromatic N) is 1. The molecule has 1 atom stereocenters. The first-order valence-electron chi connectivity index (χ1n) is 7.90. The van der Waals surface area contributed by atoms with Crippen LogP contribution in [0.4, 0.5) is 5.69 Å². The molecule has 0 aromatic heterocycles. The highest BCUT2D eigenvalue weighted by Gasteiger charge is 2.27. The number of carbonyl (C=O) groups is 2. The Morgan fingerprint density at radius 2 is 1.96 bits per heavy atom. The third-order valence-electron chi connectivity index (χ3n) is 3.86. The van der Waals surface area contributed by atoms with Crippen LogP contribution in [-0.4, -0.2) is 42.4 Å². The molecule has 2 rings (SSSR count). The second kappa shape index (κ2) is 8.89. The van der Waals surface area contributed by atoms with Gasteiger partial charge in [0.25, 0.3) is 0 Å². The number of nitrogens with one attached hydrogen (secondary N) is 2. The first-order valence-corrected chi connectivity index (χ1v) is 7.90. The molecule has 1 aliphatic carbocycles. The van der Waals surface area contributed by atoms with E-state index in [0.717, 1.165) is 30.5 Å². The predicted octanol–water partition coefficient (Wildman–Crippen LogP) is 2.21. The van der Waals surface area contributed by atoms with Gasteiger partial charge in [0, 0.05) is 18.8 Å². The van der Waals surface area contributed by atoms with Crippen LogP contribution in [-0.2, 0) is 16.0 Å². The molecule has 2 N–H and O–H groups in total. The molecule has 0 bridgehead atoms. The molecule has 1 saturated carbocycles. The molecule has 1 aromatic rings. The zero-order chi connectivity index (χ0) is 16.1. The average molecular weight is 340 g/mol. The first-order chi connectivity index (χ1) is 10.5. The van der Waals surface area contributed by atoms with Gasteiger partial charge in [-0.1, -0.05) is 25.1 Å². The quantitative estimate of drug-likeness (QED) is 0.800. The van der Waals surface area contributed by atoms with E-state index in [0.29, 0.717) is 6.04 Å². The van der Waals surface area contributed by atoms with Crippen molar-refractivity contribution >= 4 is 29.9 Å². The number of halogens is 1. The summed E-state index contributed by atoms with van der Waals surface area (Å²) < 4.78 is 0. The Labute approximate surface area is 144 Å². The lowest BCUT2D eigenvalue weighted by molar-refractivity contribution is -0.134. The Hall–Kier alpha value is -1.59. The van der Waals surface area contributed by atoms with Crippen molar-refractivity contribution in [1.29, 1.82) is 0 Å². The standard InChI is InChI=1S/C17H25N3O2.ClH/c1-4-13-7-5-6-8-15(13)19-16(21)11-20(3)17(22)12(2)18-14-9-10-14;/h5-8,12,14,18H,4,9-11H2,1-3H3,(H,19,21);1H. The van der Waals surface area contributed by atoms with E-state index in [1.165, 1.54) is 4.90 Å². The van der Waals surface area contributed by atoms with Crippen molar-refractivity contribution in [3.05, 3.63) is 29.8 Å². The summed E-state index contributed by atoms with van der Waals surface area (Å²) in [4.78, 5) is 25.8. The summed E-state index contributed by atoms with van der Waals surface area (Å²) in [5.74, 6) is -0.221. The molecule has 1 fully saturated rings. The van der Waals surface area contributed by atoms with Gasteiger partial charge in [-0.15, -0.1) is 12.4 Å². The van der Waals surface area contributed by atoms with Gasteiger partial charge in [0.2, 0.25) is 11.8 Å². The molecule has 0 spiro atoms. The normalized spacial score (nSPS) is 14.6. The molecular weight excluding hydrogens is 314 g/mol. The third kappa shape index (κ3) is 5.84. The maximum atomic E-state index is 12.2. The number of carbonyl (C=O) groups excluding carboxylic acids is 2. The predicted molar refractivity (Wildman–Crippen MR) is 95.0 cm³/mol. The lowest BCUT2D eigenvalue weighted by Gasteiger charge is -2.22. The lowest BCUT2D eigenvalue weighted by atomic mass is 10.1. The molecule has 6 heteroatoms. The van der Waals surface area contributed by atoms with Crippen LogP contribution in [0.25, 0.3) is 0 Å². The maximum Gasteiger partial charge on any atom is 0.243 e. The molecule has 1 aromatic carbocycles. The SMILES string of the molecule is CCc1ccccc1NC(=O)CN(C)C(=O)C(C)NC1CC1.Cl. The van der Waals surface area contributed by atoms with Crippen LogP contribution in [0.1, 0.15) is 32.3 Å². The van der Waals surface area contributed by atoms with Crippen LogP contribution in [0.15, 0.2) is 24.3 Å². The lowest BCUT2D eigenvalue weighted by Crippen LogP contribution is -2.46. The van der Waals surface area contributed by atoms with Gasteiger partial charge in [0.1, 0.15) is 0 Å². The number of rotatable bonds is 7. The fourth-order valence-electron chi connectivity index (χ4n) is 2.44. The second-order valence-corrected chi connectivity index (χ2v) is 5.92. The Morgan fingerprint density at radius 3 is 2.57 bits per heavy atom. The third-order valence-corrected chi connectivity index (χ3v) is 3.86. The number of aryl methyl sites for hydroxylation is 1. The fraction of sp³-hybridized carbons (Fsp3) is 0.529. The summed E-state index contributed by atoms with van der Waals surface area (Å²) in [6.07, 6.45) is 3.12. The van der Waals surface area contributed by atoms with Gasteiger partial charge in [-0.2, -0.15) is 0 Å². The molecule has 0 radical (unpaired) electrons. The highest BCUT2D eigenvalue weighted by atomic mass is 35.5. The maximum absolute atomic E-state index is 12.2. The van der Waals surface area contributed by atoms with E-state index < -0.39 is 0 Å². The Kier molecular flexibility index (Phi) is 7.52. The van der Waals surface area contributed by atoms with Gasteiger partial charge in [0.15, 0.2) is 0 Å². The van der Waals surface area contributed by atoms with E-state index in [-0.39, 0.29) is 36.8 Å². The number of amides is 2. The minimum Gasteiger partial charge on any atom is -0.335 e. The molecule has 1 unspecified atom stereocenters. The van der Waals surface area contributed by atoms with Gasteiger partial charge in [-0.25, -0.2) is 0 Å². The molecule has 1 aliphatic rings. The fourth-order valence-corrected chi connectivity index (χ4v) is 2.44. The molecule has 2 amide bonds. The molecule has 128 valence electrons. The smallest absolute Gasteiger partial charge is 0.243 e. The van der Waals surface area contributed by atoms with Crippen LogP contribution in [0.5, 0.6) is 0 Å².